The summed E-state index contributed by atoms with van der Waals surface area (Å²) in [6, 6.07) is 9.54. The van der Waals surface area contributed by atoms with Crippen LogP contribution in [0.3, 0.4) is 0 Å². The molecule has 0 aliphatic carbocycles. The first-order valence-electron chi connectivity index (χ1n) is 5.67. The van der Waals surface area contributed by atoms with Crippen LogP contribution < -0.4 is 5.32 Å². The number of ketones is 1. The fourth-order valence-corrected chi connectivity index (χ4v) is 3.06. The molecular formula is C14H7ClFNO2S. The van der Waals surface area contributed by atoms with Crippen molar-refractivity contribution in [3.63, 3.8) is 0 Å². The highest BCUT2D eigenvalue weighted by Crippen LogP contribution is 2.36. The maximum Gasteiger partial charge on any atom is 0.296 e. The minimum Gasteiger partial charge on any atom is -0.318 e. The van der Waals surface area contributed by atoms with Crippen LogP contribution in [0.25, 0.3) is 0 Å². The number of halogens is 2. The molecule has 0 radical (unpaired) electrons. The molecule has 2 aromatic rings. The van der Waals surface area contributed by atoms with Gasteiger partial charge in [-0.25, -0.2) is 4.39 Å². The average Bonchev–Trinajstić information content (AvgIpc) is 2.66. The third-order valence-electron chi connectivity index (χ3n) is 2.79. The van der Waals surface area contributed by atoms with Crippen molar-refractivity contribution in [2.24, 2.45) is 0 Å². The lowest BCUT2D eigenvalue weighted by Gasteiger charge is -2.06. The van der Waals surface area contributed by atoms with E-state index >= 15 is 0 Å². The number of hydrogen-bond donors (Lipinski definition) is 1. The fourth-order valence-electron chi connectivity index (χ4n) is 1.88. The van der Waals surface area contributed by atoms with Gasteiger partial charge in [-0.15, -0.1) is 0 Å². The topological polar surface area (TPSA) is 46.2 Å². The van der Waals surface area contributed by atoms with Gasteiger partial charge in [0.05, 0.1) is 16.1 Å². The molecule has 0 saturated heterocycles. The predicted octanol–water partition coefficient (Wildman–Crippen LogP) is 3.77. The monoisotopic (exact) mass is 307 g/mol. The molecule has 1 aliphatic rings. The van der Waals surface area contributed by atoms with Crippen molar-refractivity contribution in [3.8, 4) is 0 Å². The maximum absolute atomic E-state index is 14.0. The summed E-state index contributed by atoms with van der Waals surface area (Å²) in [5.74, 6) is -1.99. The van der Waals surface area contributed by atoms with Crippen LogP contribution >= 0.6 is 23.4 Å². The number of nitrogens with one attached hydrogen (secondary N) is 1. The van der Waals surface area contributed by atoms with E-state index in [0.29, 0.717) is 15.6 Å². The van der Waals surface area contributed by atoms with E-state index in [2.05, 4.69) is 5.32 Å². The van der Waals surface area contributed by atoms with Gasteiger partial charge >= 0.3 is 0 Å². The lowest BCUT2D eigenvalue weighted by molar-refractivity contribution is -0.112. The van der Waals surface area contributed by atoms with Crippen molar-refractivity contribution in [2.75, 3.05) is 5.32 Å². The van der Waals surface area contributed by atoms with Crippen LogP contribution in [0.15, 0.2) is 46.2 Å². The van der Waals surface area contributed by atoms with Gasteiger partial charge in [0.25, 0.3) is 11.7 Å². The summed E-state index contributed by atoms with van der Waals surface area (Å²) >= 11 is 7.05. The summed E-state index contributed by atoms with van der Waals surface area (Å²) < 4.78 is 14.0. The lowest BCUT2D eigenvalue weighted by atomic mass is 10.1. The zero-order valence-corrected chi connectivity index (χ0v) is 11.5. The molecule has 1 aliphatic heterocycles. The van der Waals surface area contributed by atoms with Crippen molar-refractivity contribution in [1.29, 1.82) is 0 Å². The Morgan fingerprint density at radius 1 is 1.15 bits per heavy atom. The molecule has 20 heavy (non-hydrogen) atoms. The van der Waals surface area contributed by atoms with E-state index in [-0.39, 0.29) is 5.56 Å². The molecule has 0 spiro atoms. The summed E-state index contributed by atoms with van der Waals surface area (Å²) in [6.07, 6.45) is 0. The van der Waals surface area contributed by atoms with Crippen LogP contribution in [0.4, 0.5) is 10.1 Å². The minimum atomic E-state index is -0.732. The first-order valence-corrected chi connectivity index (χ1v) is 6.86. The number of benzene rings is 2. The molecule has 2 aromatic carbocycles. The first-order chi connectivity index (χ1) is 9.54. The zero-order chi connectivity index (χ0) is 14.3. The van der Waals surface area contributed by atoms with Gasteiger partial charge in [-0.1, -0.05) is 29.4 Å². The summed E-state index contributed by atoms with van der Waals surface area (Å²) in [5.41, 5.74) is 0.411. The Kier molecular flexibility index (Phi) is 3.23. The summed E-state index contributed by atoms with van der Waals surface area (Å²) in [4.78, 5) is 23.8. The number of hydrogen-bond acceptors (Lipinski definition) is 3. The molecule has 0 unspecified atom stereocenters. The van der Waals surface area contributed by atoms with Gasteiger partial charge in [-0.3, -0.25) is 9.59 Å². The first kappa shape index (κ1) is 13.1. The van der Waals surface area contributed by atoms with Crippen LogP contribution in [0.5, 0.6) is 0 Å². The molecule has 100 valence electrons. The summed E-state index contributed by atoms with van der Waals surface area (Å²) in [7, 11) is 0. The third kappa shape index (κ3) is 2.30. The van der Waals surface area contributed by atoms with Gasteiger partial charge in [0.1, 0.15) is 5.82 Å². The summed E-state index contributed by atoms with van der Waals surface area (Å²) in [5, 5.41) is 2.97. The number of amides is 1. The van der Waals surface area contributed by atoms with Crippen molar-refractivity contribution in [3.05, 3.63) is 52.8 Å². The normalized spacial score (nSPS) is 13.3. The van der Waals surface area contributed by atoms with Crippen LogP contribution in [0.1, 0.15) is 10.4 Å². The molecule has 3 rings (SSSR count). The second-order valence-electron chi connectivity index (χ2n) is 4.17. The number of carbonyl (C=O) groups excluding carboxylic acids is 2. The van der Waals surface area contributed by atoms with Crippen molar-refractivity contribution >= 4 is 40.7 Å². The van der Waals surface area contributed by atoms with E-state index < -0.39 is 17.5 Å². The van der Waals surface area contributed by atoms with E-state index in [9.17, 15) is 14.0 Å². The Hall–Kier alpha value is -1.85. The van der Waals surface area contributed by atoms with Crippen molar-refractivity contribution < 1.29 is 14.0 Å². The Morgan fingerprint density at radius 3 is 2.70 bits per heavy atom. The molecule has 0 bridgehead atoms. The molecule has 1 amide bonds. The highest BCUT2D eigenvalue weighted by molar-refractivity contribution is 7.99. The van der Waals surface area contributed by atoms with Gasteiger partial charge in [-0.05, 0) is 30.3 Å². The van der Waals surface area contributed by atoms with Gasteiger partial charge in [0, 0.05) is 9.92 Å². The molecule has 1 heterocycles. The van der Waals surface area contributed by atoms with E-state index in [1.807, 2.05) is 0 Å². The number of carbonyl (C=O) groups is 2. The number of rotatable bonds is 2. The molecule has 0 saturated carbocycles. The van der Waals surface area contributed by atoms with Crippen LogP contribution in [-0.2, 0) is 4.79 Å². The van der Waals surface area contributed by atoms with Crippen LogP contribution in [0, 0.1) is 5.82 Å². The fraction of sp³-hybridized carbons (Fsp3) is 0. The Labute approximate surface area is 123 Å². The summed E-state index contributed by atoms with van der Waals surface area (Å²) in [6.45, 7) is 0. The largest absolute Gasteiger partial charge is 0.318 e. The Balaban J connectivity index is 1.98. The highest BCUT2D eigenvalue weighted by Gasteiger charge is 2.29. The number of Topliss-reactive ketones (excluding diaryl/α,β-unsaturated/α-hetero) is 1. The van der Waals surface area contributed by atoms with E-state index in [4.69, 9.17) is 11.6 Å². The standard InChI is InChI=1S/C14H7ClFNO2S/c15-7-2-1-3-8(4-7)20-12-6-11-9(5-10(12)16)13(18)14(19)17-11/h1-6H,(H,17,18,19). The number of anilines is 1. The average molecular weight is 308 g/mol. The lowest BCUT2D eigenvalue weighted by Crippen LogP contribution is -2.12. The Bertz CT molecular complexity index is 748. The molecule has 0 fully saturated rings. The van der Waals surface area contributed by atoms with Crippen molar-refractivity contribution in [1.82, 2.24) is 0 Å². The van der Waals surface area contributed by atoms with Crippen molar-refractivity contribution in [2.45, 2.75) is 9.79 Å². The van der Waals surface area contributed by atoms with Crippen LogP contribution in [-0.4, -0.2) is 11.7 Å². The molecule has 6 heteroatoms. The van der Waals surface area contributed by atoms with Crippen LogP contribution in [0.2, 0.25) is 5.02 Å². The van der Waals surface area contributed by atoms with E-state index in [0.717, 1.165) is 11.0 Å². The SMILES string of the molecule is O=C1Nc2cc(Sc3cccc(Cl)c3)c(F)cc2C1=O. The van der Waals surface area contributed by atoms with Gasteiger partial charge in [0.15, 0.2) is 0 Å². The minimum absolute atomic E-state index is 0.0722. The Morgan fingerprint density at radius 2 is 1.95 bits per heavy atom. The van der Waals surface area contributed by atoms with Gasteiger partial charge in [0.2, 0.25) is 0 Å². The molecule has 0 atom stereocenters. The van der Waals surface area contributed by atoms with Gasteiger partial charge < -0.3 is 5.32 Å². The second-order valence-corrected chi connectivity index (χ2v) is 5.72. The third-order valence-corrected chi connectivity index (χ3v) is 4.05. The highest BCUT2D eigenvalue weighted by atomic mass is 35.5. The molecule has 3 nitrogen and oxygen atoms in total. The smallest absolute Gasteiger partial charge is 0.296 e. The molecular weight excluding hydrogens is 301 g/mol. The quantitative estimate of drug-likeness (QED) is 0.859. The second kappa shape index (κ2) is 4.92. The maximum atomic E-state index is 14.0. The van der Waals surface area contributed by atoms with Gasteiger partial charge in [-0.2, -0.15) is 0 Å². The van der Waals surface area contributed by atoms with E-state index in [1.54, 1.807) is 24.3 Å². The zero-order valence-electron chi connectivity index (χ0n) is 9.94. The number of fused-ring (bicyclic) bond motifs is 1. The molecule has 1 N–H and O–H groups in total. The van der Waals surface area contributed by atoms with E-state index in [1.165, 1.54) is 17.8 Å². The molecule has 0 aromatic heterocycles. The predicted molar refractivity (Wildman–Crippen MR) is 74.9 cm³/mol.